The van der Waals surface area contributed by atoms with Crippen LogP contribution in [-0.2, 0) is 28.9 Å². The van der Waals surface area contributed by atoms with Crippen LogP contribution in [0.5, 0.6) is 11.5 Å². The van der Waals surface area contributed by atoms with Crippen LogP contribution in [-0.4, -0.2) is 90.4 Å². The van der Waals surface area contributed by atoms with Crippen LogP contribution in [0.25, 0.3) is 0 Å². The van der Waals surface area contributed by atoms with Gasteiger partial charge in [-0.15, -0.1) is 0 Å². The summed E-state index contributed by atoms with van der Waals surface area (Å²) in [6, 6.07) is 37.1. The van der Waals surface area contributed by atoms with Crippen molar-refractivity contribution in [1.29, 1.82) is 5.26 Å². The van der Waals surface area contributed by atoms with Gasteiger partial charge in [-0.1, -0.05) is 72.8 Å². The van der Waals surface area contributed by atoms with Crippen LogP contribution in [0.3, 0.4) is 0 Å². The molecule has 4 heterocycles. The Bertz CT molecular complexity index is 2360. The molecule has 3 aliphatic rings. The molecule has 16 heteroatoms. The minimum absolute atomic E-state index is 0.00385. The monoisotopic (exact) mass is 887 g/mol. The first kappa shape index (κ1) is 44.9. The molecular weight excluding hydrogens is 834 g/mol. The standard InChI is InChI=1S/C48H54N7O8P/c1-32(2)55(33(3)4)64(61-27-13-26-49)63-42-41-46(54-31-52-40-43(50-30-51-44(40)54)53-45(56)34-14-9-7-10-15-34)62-47(42,28-59-41)29-60-48(35-16-11-8-12-17-35,36-18-22-38(57-5)23-19-36)37-20-24-39(58-6)25-21-37/h7-12,14-25,30-33,41-43,46H,13,27-29H2,1-6H3,(H,50,51)(H,53,56)/t41-,42+,43?,46-,47-,64?/m1/s1. The predicted molar refractivity (Wildman–Crippen MR) is 242 cm³/mol. The molecule has 0 radical (unpaired) electrons. The highest BCUT2D eigenvalue weighted by Gasteiger charge is 2.65. The second kappa shape index (κ2) is 19.6. The number of imidazole rings is 1. The first-order chi connectivity index (χ1) is 31.1. The lowest BCUT2D eigenvalue weighted by atomic mass is 9.79. The molecule has 2 N–H and O–H groups in total. The molecule has 15 nitrogen and oxygen atoms in total. The van der Waals surface area contributed by atoms with Crippen molar-refractivity contribution in [3.63, 3.8) is 0 Å². The number of hydrogen-bond donors (Lipinski definition) is 2. The second-order valence-corrected chi connectivity index (χ2v) is 17.7. The lowest BCUT2D eigenvalue weighted by Crippen LogP contribution is -2.49. The first-order valence-corrected chi connectivity index (χ1v) is 22.5. The van der Waals surface area contributed by atoms with E-state index in [1.807, 2.05) is 89.5 Å². The molecule has 2 fully saturated rings. The van der Waals surface area contributed by atoms with Gasteiger partial charge >= 0.3 is 0 Å². The van der Waals surface area contributed by atoms with Gasteiger partial charge in [-0.2, -0.15) is 5.26 Å². The number of benzene rings is 4. The Hall–Kier alpha value is -5.69. The van der Waals surface area contributed by atoms with Crippen LogP contribution in [0.4, 0.5) is 5.82 Å². The normalized spacial score (nSPS) is 21.7. The number of carbonyl (C=O) groups is 1. The number of nitrogens with one attached hydrogen (secondary N) is 2. The van der Waals surface area contributed by atoms with Crippen LogP contribution in [0, 0.1) is 11.3 Å². The molecule has 4 aromatic carbocycles. The molecule has 2 saturated heterocycles. The number of nitriles is 1. The van der Waals surface area contributed by atoms with Gasteiger partial charge in [0.2, 0.25) is 0 Å². The van der Waals surface area contributed by atoms with Crippen molar-refractivity contribution >= 4 is 26.6 Å². The number of rotatable bonds is 19. The van der Waals surface area contributed by atoms with E-state index in [0.717, 1.165) is 16.7 Å². The zero-order chi connectivity index (χ0) is 44.8. The summed E-state index contributed by atoms with van der Waals surface area (Å²) in [5.74, 6) is 1.71. The number of hydrogen-bond acceptors (Lipinski definition) is 13. The maximum Gasteiger partial charge on any atom is 0.259 e. The summed E-state index contributed by atoms with van der Waals surface area (Å²) < 4.78 is 50.5. The van der Waals surface area contributed by atoms with Crippen LogP contribution in [0.2, 0.25) is 0 Å². The van der Waals surface area contributed by atoms with Gasteiger partial charge in [0, 0.05) is 17.6 Å². The molecule has 6 atom stereocenters. The fourth-order valence-corrected chi connectivity index (χ4v) is 10.4. The van der Waals surface area contributed by atoms with E-state index in [0.29, 0.717) is 28.6 Å². The average molecular weight is 888 g/mol. The van der Waals surface area contributed by atoms with E-state index in [1.165, 1.54) is 0 Å². The average Bonchev–Trinajstić information content (AvgIpc) is 4.00. The Morgan fingerprint density at radius 2 is 1.55 bits per heavy atom. The Labute approximate surface area is 375 Å². The molecule has 1 aromatic heterocycles. The smallest absolute Gasteiger partial charge is 0.259 e. The number of nitrogens with zero attached hydrogens (tertiary/aromatic N) is 5. The summed E-state index contributed by atoms with van der Waals surface area (Å²) in [6.45, 7) is 8.72. The molecule has 8 rings (SSSR count). The lowest BCUT2D eigenvalue weighted by molar-refractivity contribution is -0.202. The van der Waals surface area contributed by atoms with Crippen LogP contribution in [0.1, 0.15) is 79.3 Å². The van der Waals surface area contributed by atoms with Crippen molar-refractivity contribution in [3.8, 4) is 17.6 Å². The quantitative estimate of drug-likeness (QED) is 0.0466. The van der Waals surface area contributed by atoms with E-state index >= 15 is 0 Å². The third kappa shape index (κ3) is 8.75. The predicted octanol–water partition coefficient (Wildman–Crippen LogP) is 8.12. The number of aliphatic imine (C=N–C) groups is 1. The summed E-state index contributed by atoms with van der Waals surface area (Å²) in [5, 5.41) is 15.8. The largest absolute Gasteiger partial charge is 0.497 e. The van der Waals surface area contributed by atoms with Gasteiger partial charge in [0.15, 0.2) is 12.4 Å². The van der Waals surface area contributed by atoms with Gasteiger partial charge in [0.1, 0.15) is 46.4 Å². The number of anilines is 1. The SMILES string of the molecule is COc1ccc(C(OC[C@@]23CO[C@@H]([C@H](n4cnc5c4NC=NC5NC(=O)c4ccccc4)O2)[C@@H]3OP(OCCC#N)N(C(C)C)C(C)C)(c2ccccc2)c2ccc(OC)cc2)cc1. The van der Waals surface area contributed by atoms with Gasteiger partial charge < -0.3 is 43.4 Å². The maximum absolute atomic E-state index is 13.3. The number of ether oxygens (including phenoxy) is 5. The number of amides is 1. The van der Waals surface area contributed by atoms with Crippen molar-refractivity contribution in [2.75, 3.05) is 39.4 Å². The fourth-order valence-electron chi connectivity index (χ4n) is 8.64. The molecule has 5 aromatic rings. The van der Waals surface area contributed by atoms with Crippen LogP contribution < -0.4 is 20.1 Å². The van der Waals surface area contributed by atoms with Gasteiger partial charge in [0.05, 0.1) is 59.2 Å². The van der Waals surface area contributed by atoms with Crippen molar-refractivity contribution in [2.24, 2.45) is 4.99 Å². The molecular formula is C48H54N7O8P. The van der Waals surface area contributed by atoms with Crippen LogP contribution >= 0.6 is 8.53 Å². The molecule has 1 amide bonds. The Kier molecular flexibility index (Phi) is 13.7. The number of methoxy groups -OCH3 is 2. The molecule has 334 valence electrons. The van der Waals surface area contributed by atoms with Crippen LogP contribution in [0.15, 0.2) is 121 Å². The topological polar surface area (TPSA) is 163 Å². The third-order valence-corrected chi connectivity index (χ3v) is 13.7. The molecule has 0 saturated carbocycles. The molecule has 0 spiro atoms. The summed E-state index contributed by atoms with van der Waals surface area (Å²) in [4.78, 5) is 22.6. The molecule has 2 bridgehead atoms. The highest BCUT2D eigenvalue weighted by Crippen LogP contribution is 2.57. The van der Waals surface area contributed by atoms with E-state index in [1.54, 1.807) is 39.0 Å². The van der Waals surface area contributed by atoms with Crippen molar-refractivity contribution in [1.82, 2.24) is 19.5 Å². The Morgan fingerprint density at radius 3 is 2.14 bits per heavy atom. The van der Waals surface area contributed by atoms with E-state index in [-0.39, 0.29) is 44.2 Å². The second-order valence-electron chi connectivity index (χ2n) is 16.3. The number of carbonyl (C=O) groups excluding carboxylic acids is 1. The minimum Gasteiger partial charge on any atom is -0.497 e. The zero-order valence-electron chi connectivity index (χ0n) is 36.8. The summed E-state index contributed by atoms with van der Waals surface area (Å²) in [5.41, 5.74) is 1.23. The molecule has 64 heavy (non-hydrogen) atoms. The molecule has 0 aliphatic carbocycles. The van der Waals surface area contributed by atoms with Gasteiger partial charge in [-0.25, -0.2) is 14.6 Å². The summed E-state index contributed by atoms with van der Waals surface area (Å²) in [7, 11) is 1.53. The van der Waals surface area contributed by atoms with E-state index < -0.39 is 44.3 Å². The minimum atomic E-state index is -1.75. The van der Waals surface area contributed by atoms with Crippen molar-refractivity contribution in [2.45, 2.75) is 82.0 Å². The molecule has 3 aliphatic heterocycles. The molecule has 2 unspecified atom stereocenters. The Balaban J connectivity index is 1.21. The highest BCUT2D eigenvalue weighted by molar-refractivity contribution is 7.44. The zero-order valence-corrected chi connectivity index (χ0v) is 37.7. The van der Waals surface area contributed by atoms with E-state index in [9.17, 15) is 10.1 Å². The third-order valence-electron chi connectivity index (χ3n) is 11.6. The van der Waals surface area contributed by atoms with Gasteiger partial charge in [0.25, 0.3) is 14.4 Å². The van der Waals surface area contributed by atoms with E-state index in [2.05, 4.69) is 66.2 Å². The Morgan fingerprint density at radius 1 is 0.938 bits per heavy atom. The van der Waals surface area contributed by atoms with Crippen molar-refractivity contribution < 1.29 is 37.5 Å². The highest BCUT2D eigenvalue weighted by atomic mass is 31.2. The maximum atomic E-state index is 13.3. The number of aromatic nitrogens is 2. The number of fused-ring (bicyclic) bond motifs is 3. The summed E-state index contributed by atoms with van der Waals surface area (Å²) in [6.07, 6.45) is 0.483. The fraction of sp³-hybridized carbons (Fsp3) is 0.375. The van der Waals surface area contributed by atoms with Gasteiger partial charge in [-0.3, -0.25) is 9.36 Å². The van der Waals surface area contributed by atoms with E-state index in [4.69, 9.17) is 37.7 Å². The first-order valence-electron chi connectivity index (χ1n) is 21.4. The summed E-state index contributed by atoms with van der Waals surface area (Å²) >= 11 is 0. The van der Waals surface area contributed by atoms with Gasteiger partial charge in [-0.05, 0) is 80.8 Å². The van der Waals surface area contributed by atoms with Crippen molar-refractivity contribution in [3.05, 3.63) is 143 Å². The lowest BCUT2D eigenvalue weighted by Gasteiger charge is -2.41.